The highest BCUT2D eigenvalue weighted by Gasteiger charge is 2.15. The fourth-order valence-corrected chi connectivity index (χ4v) is 2.57. The molecule has 0 fully saturated rings. The summed E-state index contributed by atoms with van der Waals surface area (Å²) < 4.78 is 18.4. The summed E-state index contributed by atoms with van der Waals surface area (Å²) in [7, 11) is 1.48. The van der Waals surface area contributed by atoms with E-state index in [4.69, 9.17) is 10.5 Å². The molecule has 0 saturated carbocycles. The Labute approximate surface area is 126 Å². The Morgan fingerprint density at radius 2 is 2.29 bits per heavy atom. The summed E-state index contributed by atoms with van der Waals surface area (Å²) >= 11 is 1.29. The first-order valence-electron chi connectivity index (χ1n) is 6.33. The van der Waals surface area contributed by atoms with Crippen molar-refractivity contribution in [1.82, 2.24) is 4.98 Å². The Morgan fingerprint density at radius 3 is 3.00 bits per heavy atom. The third kappa shape index (κ3) is 4.32. The zero-order valence-electron chi connectivity index (χ0n) is 11.5. The van der Waals surface area contributed by atoms with Gasteiger partial charge in [0.1, 0.15) is 11.9 Å². The predicted molar refractivity (Wildman–Crippen MR) is 79.8 cm³/mol. The molecule has 0 radical (unpaired) electrons. The number of hydrogen-bond donors (Lipinski definition) is 2. The number of methoxy groups -OCH3 is 1. The summed E-state index contributed by atoms with van der Waals surface area (Å²) in [5.74, 6) is -0.609. The number of benzene rings is 1. The molecule has 1 heterocycles. The lowest BCUT2D eigenvalue weighted by Gasteiger charge is -2.08. The number of ether oxygens (including phenoxy) is 1. The normalized spacial score (nSPS) is 12.1. The van der Waals surface area contributed by atoms with Crippen molar-refractivity contribution in [2.45, 2.75) is 12.5 Å². The van der Waals surface area contributed by atoms with E-state index >= 15 is 0 Å². The maximum absolute atomic E-state index is 13.6. The maximum atomic E-state index is 13.6. The van der Waals surface area contributed by atoms with Gasteiger partial charge in [0.25, 0.3) is 0 Å². The van der Waals surface area contributed by atoms with Crippen LogP contribution in [0.5, 0.6) is 0 Å². The molecule has 1 aromatic carbocycles. The smallest absolute Gasteiger partial charge is 0.245 e. The molecule has 2 aromatic rings. The van der Waals surface area contributed by atoms with Crippen LogP contribution in [0.2, 0.25) is 0 Å². The van der Waals surface area contributed by atoms with Gasteiger partial charge in [0.2, 0.25) is 5.91 Å². The van der Waals surface area contributed by atoms with Gasteiger partial charge in [-0.3, -0.25) is 4.79 Å². The number of carbonyl (C=O) groups excluding carboxylic acids is 1. The van der Waals surface area contributed by atoms with Gasteiger partial charge < -0.3 is 15.8 Å². The largest absolute Gasteiger partial charge is 0.383 e. The van der Waals surface area contributed by atoms with E-state index in [2.05, 4.69) is 10.3 Å². The van der Waals surface area contributed by atoms with E-state index < -0.39 is 6.04 Å². The topological polar surface area (TPSA) is 77.2 Å². The number of nitrogens with zero attached hydrogens (tertiary/aromatic N) is 1. The van der Waals surface area contributed by atoms with E-state index in [0.29, 0.717) is 17.1 Å². The van der Waals surface area contributed by atoms with E-state index in [-0.39, 0.29) is 18.3 Å². The molecule has 2 rings (SSSR count). The van der Waals surface area contributed by atoms with E-state index in [0.717, 1.165) is 4.88 Å². The van der Waals surface area contributed by atoms with Crippen LogP contribution >= 0.6 is 11.3 Å². The molecule has 0 saturated heterocycles. The quantitative estimate of drug-likeness (QED) is 0.853. The number of amides is 1. The number of nitrogens with one attached hydrogen (secondary N) is 1. The van der Waals surface area contributed by atoms with Crippen molar-refractivity contribution >= 4 is 22.4 Å². The lowest BCUT2D eigenvalue weighted by Crippen LogP contribution is -2.39. The molecule has 21 heavy (non-hydrogen) atoms. The van der Waals surface area contributed by atoms with Crippen LogP contribution < -0.4 is 11.1 Å². The van der Waals surface area contributed by atoms with Gasteiger partial charge in [-0.1, -0.05) is 18.2 Å². The molecule has 7 heteroatoms. The van der Waals surface area contributed by atoms with E-state index in [1.807, 2.05) is 0 Å². The van der Waals surface area contributed by atoms with Gasteiger partial charge in [0, 0.05) is 24.6 Å². The highest BCUT2D eigenvalue weighted by Crippen LogP contribution is 2.22. The number of thiazole rings is 1. The SMILES string of the molecule is COCC(N)C(=O)Nc1ncc(Cc2ccccc2F)s1. The summed E-state index contributed by atoms with van der Waals surface area (Å²) in [6.07, 6.45) is 2.05. The summed E-state index contributed by atoms with van der Waals surface area (Å²) in [4.78, 5) is 16.7. The Morgan fingerprint density at radius 1 is 1.52 bits per heavy atom. The molecule has 112 valence electrons. The second-order valence-electron chi connectivity index (χ2n) is 4.45. The van der Waals surface area contributed by atoms with Gasteiger partial charge >= 0.3 is 0 Å². The standard InChI is InChI=1S/C14H16FN3O2S/c1-20-8-12(16)13(19)18-14-17-7-10(21-14)6-9-4-2-3-5-11(9)15/h2-5,7,12H,6,8,16H2,1H3,(H,17,18,19). The van der Waals surface area contributed by atoms with Gasteiger partial charge in [0.05, 0.1) is 6.61 Å². The molecule has 0 aliphatic heterocycles. The first kappa shape index (κ1) is 15.6. The number of anilines is 1. The molecule has 1 amide bonds. The van der Waals surface area contributed by atoms with Crippen LogP contribution in [0.1, 0.15) is 10.4 Å². The third-order valence-corrected chi connectivity index (χ3v) is 3.70. The van der Waals surface area contributed by atoms with Crippen LogP contribution in [0.3, 0.4) is 0 Å². The number of carbonyl (C=O) groups is 1. The fraction of sp³-hybridized carbons (Fsp3) is 0.286. The van der Waals surface area contributed by atoms with Crippen LogP contribution in [0, 0.1) is 5.82 Å². The Kier molecular flexibility index (Phi) is 5.38. The Bertz CT molecular complexity index is 618. The monoisotopic (exact) mass is 309 g/mol. The molecule has 3 N–H and O–H groups in total. The minimum atomic E-state index is -0.742. The highest BCUT2D eigenvalue weighted by molar-refractivity contribution is 7.15. The summed E-state index contributed by atoms with van der Waals surface area (Å²) in [5.41, 5.74) is 6.21. The lowest BCUT2D eigenvalue weighted by atomic mass is 10.1. The van der Waals surface area contributed by atoms with Gasteiger partial charge in [-0.2, -0.15) is 0 Å². The van der Waals surface area contributed by atoms with Gasteiger partial charge in [-0.05, 0) is 11.6 Å². The van der Waals surface area contributed by atoms with Crippen molar-refractivity contribution < 1.29 is 13.9 Å². The number of halogens is 1. The molecule has 0 spiro atoms. The van der Waals surface area contributed by atoms with Crippen molar-refractivity contribution in [2.24, 2.45) is 5.73 Å². The number of nitrogens with two attached hydrogens (primary N) is 1. The first-order valence-corrected chi connectivity index (χ1v) is 7.15. The average molecular weight is 309 g/mol. The Hall–Kier alpha value is -1.83. The van der Waals surface area contributed by atoms with E-state index in [9.17, 15) is 9.18 Å². The lowest BCUT2D eigenvalue weighted by molar-refractivity contribution is -0.118. The average Bonchev–Trinajstić information content (AvgIpc) is 2.89. The fourth-order valence-electron chi connectivity index (χ4n) is 1.73. The first-order chi connectivity index (χ1) is 10.1. The van der Waals surface area contributed by atoms with Crippen LogP contribution in [0.4, 0.5) is 9.52 Å². The zero-order valence-corrected chi connectivity index (χ0v) is 12.3. The van der Waals surface area contributed by atoms with Crippen LogP contribution in [0.25, 0.3) is 0 Å². The number of hydrogen-bond acceptors (Lipinski definition) is 5. The van der Waals surface area contributed by atoms with Gasteiger partial charge in [0.15, 0.2) is 5.13 Å². The third-order valence-electron chi connectivity index (χ3n) is 2.79. The minimum absolute atomic E-state index is 0.138. The molecule has 5 nitrogen and oxygen atoms in total. The second kappa shape index (κ2) is 7.26. The number of aromatic nitrogens is 1. The van der Waals surface area contributed by atoms with Crippen molar-refractivity contribution in [2.75, 3.05) is 19.0 Å². The zero-order chi connectivity index (χ0) is 15.2. The summed E-state index contributed by atoms with van der Waals surface area (Å²) in [6.45, 7) is 0.138. The van der Waals surface area contributed by atoms with Gasteiger partial charge in [-0.15, -0.1) is 11.3 Å². The number of rotatable bonds is 6. The minimum Gasteiger partial charge on any atom is -0.383 e. The van der Waals surface area contributed by atoms with Crippen molar-refractivity contribution in [1.29, 1.82) is 0 Å². The van der Waals surface area contributed by atoms with E-state index in [1.54, 1.807) is 24.4 Å². The second-order valence-corrected chi connectivity index (χ2v) is 5.57. The van der Waals surface area contributed by atoms with Crippen molar-refractivity contribution in [3.63, 3.8) is 0 Å². The van der Waals surface area contributed by atoms with Crippen molar-refractivity contribution in [3.8, 4) is 0 Å². The summed E-state index contributed by atoms with van der Waals surface area (Å²) in [6, 6.07) is 5.83. The molecule has 1 unspecified atom stereocenters. The molecular weight excluding hydrogens is 293 g/mol. The molecule has 0 aliphatic rings. The van der Waals surface area contributed by atoms with E-state index in [1.165, 1.54) is 24.5 Å². The summed E-state index contributed by atoms with van der Waals surface area (Å²) in [5, 5.41) is 3.06. The molecule has 1 atom stereocenters. The highest BCUT2D eigenvalue weighted by atomic mass is 32.1. The van der Waals surface area contributed by atoms with Crippen LogP contribution in [-0.4, -0.2) is 30.6 Å². The maximum Gasteiger partial charge on any atom is 0.245 e. The van der Waals surface area contributed by atoms with Crippen molar-refractivity contribution in [3.05, 3.63) is 46.7 Å². The van der Waals surface area contributed by atoms with Crippen LogP contribution in [-0.2, 0) is 16.0 Å². The Balaban J connectivity index is 1.99. The van der Waals surface area contributed by atoms with Crippen LogP contribution in [0.15, 0.2) is 30.5 Å². The molecule has 0 bridgehead atoms. The predicted octanol–water partition coefficient (Wildman–Crippen LogP) is 1.79. The molecule has 0 aliphatic carbocycles. The van der Waals surface area contributed by atoms with Gasteiger partial charge in [-0.25, -0.2) is 9.37 Å². The molecular formula is C14H16FN3O2S. The molecule has 1 aromatic heterocycles.